The molecule has 0 radical (unpaired) electrons. The van der Waals surface area contributed by atoms with Gasteiger partial charge in [0.15, 0.2) is 0 Å². The number of hydrogen-bond acceptors (Lipinski definition) is 1. The lowest BCUT2D eigenvalue weighted by molar-refractivity contribution is -0.119. The fourth-order valence-corrected chi connectivity index (χ4v) is 3.11. The summed E-state index contributed by atoms with van der Waals surface area (Å²) in [6.07, 6.45) is 3.53. The average Bonchev–Trinajstić information content (AvgIpc) is 2.81. The van der Waals surface area contributed by atoms with Gasteiger partial charge in [0.2, 0.25) is 5.91 Å². The second-order valence-corrected chi connectivity index (χ2v) is 5.50. The molecule has 1 aliphatic heterocycles. The minimum Gasteiger partial charge on any atom is -0.350 e. The first-order chi connectivity index (χ1) is 9.22. The lowest BCUT2D eigenvalue weighted by Crippen LogP contribution is -2.42. The van der Waals surface area contributed by atoms with Crippen LogP contribution in [0.5, 0.6) is 0 Å². The fraction of sp³-hybridized carbons (Fsp3) is 0.353. The van der Waals surface area contributed by atoms with E-state index in [1.165, 1.54) is 16.3 Å². The standard InChI is InChI=1S/C17H19NO/c1-2-17(11-10-16(19)18-17)12-14-8-5-7-13-6-3-4-9-15(13)14/h3-9H,2,10-12H2,1H3,(H,18,19). The minimum absolute atomic E-state index is 0.0405. The van der Waals surface area contributed by atoms with E-state index < -0.39 is 0 Å². The van der Waals surface area contributed by atoms with Crippen LogP contribution in [0.15, 0.2) is 42.5 Å². The Bertz CT molecular complexity index is 614. The zero-order valence-electron chi connectivity index (χ0n) is 11.3. The molecule has 0 aliphatic carbocycles. The van der Waals surface area contributed by atoms with Crippen LogP contribution in [0.3, 0.4) is 0 Å². The third-order valence-electron chi connectivity index (χ3n) is 4.32. The van der Waals surface area contributed by atoms with E-state index in [1.54, 1.807) is 0 Å². The summed E-state index contributed by atoms with van der Waals surface area (Å²) in [5, 5.41) is 5.77. The Morgan fingerprint density at radius 1 is 1.16 bits per heavy atom. The van der Waals surface area contributed by atoms with Gasteiger partial charge in [-0.3, -0.25) is 4.79 Å². The molecule has 1 saturated heterocycles. The second-order valence-electron chi connectivity index (χ2n) is 5.50. The lowest BCUT2D eigenvalue weighted by Gasteiger charge is -2.28. The van der Waals surface area contributed by atoms with Gasteiger partial charge >= 0.3 is 0 Å². The van der Waals surface area contributed by atoms with Crippen LogP contribution in [-0.4, -0.2) is 11.4 Å². The van der Waals surface area contributed by atoms with Gasteiger partial charge in [-0.15, -0.1) is 0 Å². The predicted molar refractivity (Wildman–Crippen MR) is 78.1 cm³/mol. The van der Waals surface area contributed by atoms with Crippen molar-refractivity contribution in [3.05, 3.63) is 48.0 Å². The highest BCUT2D eigenvalue weighted by Crippen LogP contribution is 2.30. The topological polar surface area (TPSA) is 29.1 Å². The summed E-state index contributed by atoms with van der Waals surface area (Å²) in [5.41, 5.74) is 1.29. The third-order valence-corrected chi connectivity index (χ3v) is 4.32. The van der Waals surface area contributed by atoms with Crippen LogP contribution in [0.2, 0.25) is 0 Å². The van der Waals surface area contributed by atoms with Crippen LogP contribution in [0, 0.1) is 0 Å². The van der Waals surface area contributed by atoms with Gasteiger partial charge in [-0.05, 0) is 35.6 Å². The van der Waals surface area contributed by atoms with Crippen molar-refractivity contribution in [2.24, 2.45) is 0 Å². The fourth-order valence-electron chi connectivity index (χ4n) is 3.11. The normalized spacial score (nSPS) is 22.7. The second kappa shape index (κ2) is 4.69. The summed E-state index contributed by atoms with van der Waals surface area (Å²) >= 11 is 0. The van der Waals surface area contributed by atoms with Crippen molar-refractivity contribution < 1.29 is 4.79 Å². The van der Waals surface area contributed by atoms with E-state index in [-0.39, 0.29) is 11.4 Å². The van der Waals surface area contributed by atoms with E-state index in [9.17, 15) is 4.79 Å². The SMILES string of the molecule is CCC1(Cc2cccc3ccccc23)CCC(=O)N1. The van der Waals surface area contributed by atoms with Gasteiger partial charge < -0.3 is 5.32 Å². The predicted octanol–water partition coefficient (Wildman–Crippen LogP) is 3.44. The number of rotatable bonds is 3. The molecule has 1 atom stereocenters. The molecular weight excluding hydrogens is 234 g/mol. The molecule has 2 aromatic rings. The van der Waals surface area contributed by atoms with Crippen molar-refractivity contribution in [1.29, 1.82) is 0 Å². The summed E-state index contributed by atoms with van der Waals surface area (Å²) in [7, 11) is 0. The Morgan fingerprint density at radius 2 is 1.95 bits per heavy atom. The van der Waals surface area contributed by atoms with Crippen LogP contribution < -0.4 is 5.32 Å². The van der Waals surface area contributed by atoms with Gasteiger partial charge in [0, 0.05) is 12.0 Å². The molecule has 1 N–H and O–H groups in total. The van der Waals surface area contributed by atoms with Crippen molar-refractivity contribution in [1.82, 2.24) is 5.32 Å². The van der Waals surface area contributed by atoms with Gasteiger partial charge in [0.05, 0.1) is 0 Å². The third kappa shape index (κ3) is 2.23. The van der Waals surface area contributed by atoms with Crippen LogP contribution in [-0.2, 0) is 11.2 Å². The van der Waals surface area contributed by atoms with Gasteiger partial charge in [-0.2, -0.15) is 0 Å². The number of benzene rings is 2. The lowest BCUT2D eigenvalue weighted by atomic mass is 9.85. The van der Waals surface area contributed by atoms with Crippen LogP contribution in [0.25, 0.3) is 10.8 Å². The Labute approximate surface area is 113 Å². The summed E-state index contributed by atoms with van der Waals surface area (Å²) in [4.78, 5) is 11.6. The van der Waals surface area contributed by atoms with Gasteiger partial charge in [0.1, 0.15) is 0 Å². The maximum Gasteiger partial charge on any atom is 0.220 e. The van der Waals surface area contributed by atoms with E-state index in [2.05, 4.69) is 54.7 Å². The largest absolute Gasteiger partial charge is 0.350 e. The zero-order chi connectivity index (χ0) is 13.3. The first-order valence-electron chi connectivity index (χ1n) is 7.00. The van der Waals surface area contributed by atoms with Crippen molar-refractivity contribution in [2.75, 3.05) is 0 Å². The van der Waals surface area contributed by atoms with Crippen LogP contribution in [0.1, 0.15) is 31.7 Å². The van der Waals surface area contributed by atoms with Crippen LogP contribution in [0.4, 0.5) is 0 Å². The monoisotopic (exact) mass is 253 g/mol. The Balaban J connectivity index is 1.99. The molecule has 2 heteroatoms. The smallest absolute Gasteiger partial charge is 0.220 e. The number of nitrogens with one attached hydrogen (secondary N) is 1. The van der Waals surface area contributed by atoms with Gasteiger partial charge in [-0.1, -0.05) is 49.4 Å². The first-order valence-corrected chi connectivity index (χ1v) is 7.00. The molecular formula is C17H19NO. The van der Waals surface area contributed by atoms with Gasteiger partial charge in [0.25, 0.3) is 0 Å². The van der Waals surface area contributed by atoms with E-state index >= 15 is 0 Å². The Kier molecular flexibility index (Phi) is 3.02. The number of carbonyl (C=O) groups excluding carboxylic acids is 1. The molecule has 3 rings (SSSR count). The number of amides is 1. The Hall–Kier alpha value is -1.83. The molecule has 0 spiro atoms. The van der Waals surface area contributed by atoms with Crippen molar-refractivity contribution in [3.63, 3.8) is 0 Å². The summed E-state index contributed by atoms with van der Waals surface area (Å²) in [6.45, 7) is 2.16. The highest BCUT2D eigenvalue weighted by Gasteiger charge is 2.36. The van der Waals surface area contributed by atoms with Crippen LogP contribution >= 0.6 is 0 Å². The number of fused-ring (bicyclic) bond motifs is 1. The summed E-state index contributed by atoms with van der Waals surface area (Å²) in [5.74, 6) is 0.196. The molecule has 0 aromatic heterocycles. The maximum absolute atomic E-state index is 11.6. The number of carbonyl (C=O) groups is 1. The maximum atomic E-state index is 11.6. The molecule has 1 unspecified atom stereocenters. The minimum atomic E-state index is -0.0405. The van der Waals surface area contributed by atoms with E-state index in [1.807, 2.05) is 0 Å². The molecule has 98 valence electrons. The molecule has 19 heavy (non-hydrogen) atoms. The molecule has 0 bridgehead atoms. The van der Waals surface area contributed by atoms with E-state index in [0.29, 0.717) is 6.42 Å². The molecule has 2 aromatic carbocycles. The van der Waals surface area contributed by atoms with Crippen molar-refractivity contribution in [3.8, 4) is 0 Å². The highest BCUT2D eigenvalue weighted by atomic mass is 16.2. The summed E-state index contributed by atoms with van der Waals surface area (Å²) in [6, 6.07) is 14.9. The molecule has 1 heterocycles. The average molecular weight is 253 g/mol. The van der Waals surface area contributed by atoms with Crippen molar-refractivity contribution >= 4 is 16.7 Å². The molecule has 1 aliphatic rings. The van der Waals surface area contributed by atoms with Gasteiger partial charge in [-0.25, -0.2) is 0 Å². The highest BCUT2D eigenvalue weighted by molar-refractivity contribution is 5.86. The Morgan fingerprint density at radius 3 is 2.68 bits per heavy atom. The van der Waals surface area contributed by atoms with Crippen molar-refractivity contribution in [2.45, 2.75) is 38.1 Å². The zero-order valence-corrected chi connectivity index (χ0v) is 11.3. The quantitative estimate of drug-likeness (QED) is 0.892. The summed E-state index contributed by atoms with van der Waals surface area (Å²) < 4.78 is 0. The first kappa shape index (κ1) is 12.2. The molecule has 2 nitrogen and oxygen atoms in total. The number of hydrogen-bond donors (Lipinski definition) is 1. The molecule has 1 amide bonds. The van der Waals surface area contributed by atoms with E-state index in [4.69, 9.17) is 0 Å². The molecule has 0 saturated carbocycles. The van der Waals surface area contributed by atoms with E-state index in [0.717, 1.165) is 19.3 Å². The molecule has 1 fully saturated rings.